The molecule has 1 fully saturated rings. The highest BCUT2D eigenvalue weighted by Crippen LogP contribution is 2.30. The summed E-state index contributed by atoms with van der Waals surface area (Å²) in [6.45, 7) is 0.746. The zero-order valence-corrected chi connectivity index (χ0v) is 20.2. The summed E-state index contributed by atoms with van der Waals surface area (Å²) in [6, 6.07) is 18.6. The van der Waals surface area contributed by atoms with E-state index in [2.05, 4.69) is 76.5 Å². The summed E-state index contributed by atoms with van der Waals surface area (Å²) in [5, 5.41) is 7.95. The Balaban J connectivity index is 1.32. The van der Waals surface area contributed by atoms with Gasteiger partial charge in [0.15, 0.2) is 0 Å². The zero-order valence-electron chi connectivity index (χ0n) is 18.1. The van der Waals surface area contributed by atoms with Crippen molar-refractivity contribution in [2.24, 2.45) is 5.92 Å². The summed E-state index contributed by atoms with van der Waals surface area (Å²) < 4.78 is 1.08. The summed E-state index contributed by atoms with van der Waals surface area (Å²) >= 11 is 2.24. The minimum Gasteiger partial charge on any atom is -0.377 e. The molecule has 1 saturated carbocycles. The Labute approximate surface area is 197 Å². The molecule has 6 heteroatoms. The molecule has 0 radical (unpaired) electrons. The average Bonchev–Trinajstić information content (AvgIpc) is 2.77. The number of fused-ring (bicyclic) bond motifs is 1. The summed E-state index contributed by atoms with van der Waals surface area (Å²) in [7, 11) is 4.14. The number of hydrogen-bond donors (Lipinski definition) is 2. The van der Waals surface area contributed by atoms with E-state index in [1.54, 1.807) is 0 Å². The van der Waals surface area contributed by atoms with E-state index in [9.17, 15) is 4.79 Å². The van der Waals surface area contributed by atoms with Crippen molar-refractivity contribution in [3.63, 3.8) is 0 Å². The lowest BCUT2D eigenvalue weighted by Crippen LogP contribution is -2.34. The molecule has 0 bridgehead atoms. The molecule has 162 valence electrons. The number of anilines is 2. The third-order valence-electron chi connectivity index (χ3n) is 6.01. The van der Waals surface area contributed by atoms with E-state index in [1.165, 1.54) is 11.1 Å². The van der Waals surface area contributed by atoms with Crippen molar-refractivity contribution < 1.29 is 4.79 Å². The molecule has 0 saturated heterocycles. The minimum absolute atomic E-state index is 0.0235. The predicted molar refractivity (Wildman–Crippen MR) is 137 cm³/mol. The van der Waals surface area contributed by atoms with Gasteiger partial charge < -0.3 is 15.5 Å². The van der Waals surface area contributed by atoms with Crippen LogP contribution in [0.25, 0.3) is 10.9 Å². The fourth-order valence-electron chi connectivity index (χ4n) is 4.29. The van der Waals surface area contributed by atoms with Crippen molar-refractivity contribution >= 4 is 50.9 Å². The number of aromatic nitrogens is 1. The fourth-order valence-corrected chi connectivity index (χ4v) is 4.83. The van der Waals surface area contributed by atoms with Gasteiger partial charge in [0.2, 0.25) is 0 Å². The smallest absolute Gasteiger partial charge is 0.251 e. The number of nitrogens with one attached hydrogen (secondary N) is 2. The number of benzene rings is 2. The van der Waals surface area contributed by atoms with Gasteiger partial charge in [-0.15, -0.1) is 0 Å². The Bertz CT molecular complexity index is 1060. The van der Waals surface area contributed by atoms with Crippen molar-refractivity contribution in [1.82, 2.24) is 10.3 Å². The molecule has 1 aromatic heterocycles. The predicted octanol–water partition coefficient (Wildman–Crippen LogP) is 5.31. The average molecular weight is 528 g/mol. The van der Waals surface area contributed by atoms with Gasteiger partial charge >= 0.3 is 0 Å². The number of hydrogen-bond acceptors (Lipinski definition) is 4. The maximum atomic E-state index is 12.4. The molecule has 0 aliphatic heterocycles. The zero-order chi connectivity index (χ0) is 21.8. The molecule has 0 atom stereocenters. The number of nitrogens with zero attached hydrogens (tertiary/aromatic N) is 2. The van der Waals surface area contributed by atoms with Crippen LogP contribution in [0.4, 0.5) is 11.5 Å². The summed E-state index contributed by atoms with van der Waals surface area (Å²) in [5.74, 6) is 1.50. The molecule has 5 nitrogen and oxygen atoms in total. The van der Waals surface area contributed by atoms with Crippen LogP contribution in [0.2, 0.25) is 0 Å². The van der Waals surface area contributed by atoms with Gasteiger partial charge in [0.25, 0.3) is 5.91 Å². The summed E-state index contributed by atoms with van der Waals surface area (Å²) in [5.41, 5.74) is 2.93. The third-order valence-corrected chi connectivity index (χ3v) is 6.68. The molecular formula is C25H29IN4O. The summed E-state index contributed by atoms with van der Waals surface area (Å²) in [4.78, 5) is 19.4. The lowest BCUT2D eigenvalue weighted by atomic mass is 9.86. The van der Waals surface area contributed by atoms with E-state index >= 15 is 0 Å². The molecule has 4 rings (SSSR count). The lowest BCUT2D eigenvalue weighted by Gasteiger charge is -2.30. The second kappa shape index (κ2) is 9.85. The van der Waals surface area contributed by atoms with Gasteiger partial charge in [-0.25, -0.2) is 4.98 Å². The Morgan fingerprint density at radius 1 is 1.06 bits per heavy atom. The fraction of sp³-hybridized carbons (Fsp3) is 0.360. The first-order chi connectivity index (χ1) is 15.0. The Morgan fingerprint density at radius 3 is 2.58 bits per heavy atom. The Morgan fingerprint density at radius 2 is 1.84 bits per heavy atom. The maximum Gasteiger partial charge on any atom is 0.251 e. The van der Waals surface area contributed by atoms with E-state index in [-0.39, 0.29) is 5.91 Å². The Hall–Kier alpha value is -2.35. The van der Waals surface area contributed by atoms with Crippen LogP contribution in [0.15, 0.2) is 54.6 Å². The molecule has 1 aliphatic rings. The number of pyridine rings is 1. The third kappa shape index (κ3) is 5.47. The standard InChI is InChI=1S/C25H29IN4O/c1-30(2)23-15-24(29-22-9-4-3-8-21(22)23)28-20-12-10-17(11-13-20)16-27-25(31)18-6-5-7-19(26)14-18/h3-9,14-15,17,20H,10-13,16H2,1-2H3,(H,27,31)(H,28,29)/t17-,20+. The van der Waals surface area contributed by atoms with Crippen LogP contribution >= 0.6 is 22.6 Å². The second-order valence-electron chi connectivity index (χ2n) is 8.52. The van der Waals surface area contributed by atoms with E-state index in [0.717, 1.165) is 52.7 Å². The Kier molecular flexibility index (Phi) is 6.95. The van der Waals surface area contributed by atoms with Crippen LogP contribution in [-0.4, -0.2) is 37.6 Å². The molecule has 2 aromatic carbocycles. The second-order valence-corrected chi connectivity index (χ2v) is 9.77. The molecule has 0 unspecified atom stereocenters. The molecular weight excluding hydrogens is 499 g/mol. The number of rotatable bonds is 6. The van der Waals surface area contributed by atoms with Crippen LogP contribution < -0.4 is 15.5 Å². The first-order valence-electron chi connectivity index (χ1n) is 10.9. The molecule has 0 spiro atoms. The van der Waals surface area contributed by atoms with E-state index in [0.29, 0.717) is 12.0 Å². The van der Waals surface area contributed by atoms with Crippen molar-refractivity contribution in [2.75, 3.05) is 30.9 Å². The molecule has 1 amide bonds. The highest BCUT2D eigenvalue weighted by atomic mass is 127. The van der Waals surface area contributed by atoms with E-state index in [1.807, 2.05) is 30.3 Å². The van der Waals surface area contributed by atoms with Crippen molar-refractivity contribution in [2.45, 2.75) is 31.7 Å². The highest BCUT2D eigenvalue weighted by molar-refractivity contribution is 14.1. The molecule has 1 aliphatic carbocycles. The number of halogens is 1. The van der Waals surface area contributed by atoms with Crippen LogP contribution in [-0.2, 0) is 0 Å². The van der Waals surface area contributed by atoms with Crippen LogP contribution in [0.1, 0.15) is 36.0 Å². The first kappa shape index (κ1) is 21.9. The van der Waals surface area contributed by atoms with Crippen LogP contribution in [0.3, 0.4) is 0 Å². The quantitative estimate of drug-likeness (QED) is 0.426. The largest absolute Gasteiger partial charge is 0.377 e. The lowest BCUT2D eigenvalue weighted by molar-refractivity contribution is 0.0943. The summed E-state index contributed by atoms with van der Waals surface area (Å²) in [6.07, 6.45) is 4.40. The molecule has 1 heterocycles. The SMILES string of the molecule is CN(C)c1cc(N[C@H]2CC[C@@H](CNC(=O)c3cccc(I)c3)CC2)nc2ccccc12. The van der Waals surface area contributed by atoms with Crippen molar-refractivity contribution in [1.29, 1.82) is 0 Å². The molecule has 2 N–H and O–H groups in total. The van der Waals surface area contributed by atoms with Crippen molar-refractivity contribution in [3.8, 4) is 0 Å². The van der Waals surface area contributed by atoms with Crippen molar-refractivity contribution in [3.05, 3.63) is 63.7 Å². The minimum atomic E-state index is 0.0235. The van der Waals surface area contributed by atoms with Gasteiger partial charge in [0, 0.05) is 53.0 Å². The number of amides is 1. The molecule has 31 heavy (non-hydrogen) atoms. The van der Waals surface area contributed by atoms with Crippen LogP contribution in [0.5, 0.6) is 0 Å². The normalized spacial score (nSPS) is 18.5. The van der Waals surface area contributed by atoms with Gasteiger partial charge in [0.05, 0.1) is 5.52 Å². The highest BCUT2D eigenvalue weighted by Gasteiger charge is 2.22. The number of carbonyl (C=O) groups excluding carboxylic acids is 1. The molecule has 3 aromatic rings. The van der Waals surface area contributed by atoms with Gasteiger partial charge in [-0.2, -0.15) is 0 Å². The van der Waals surface area contributed by atoms with E-state index < -0.39 is 0 Å². The van der Waals surface area contributed by atoms with Gasteiger partial charge in [-0.05, 0) is 78.5 Å². The first-order valence-corrected chi connectivity index (χ1v) is 11.9. The van der Waals surface area contributed by atoms with Gasteiger partial charge in [-0.3, -0.25) is 4.79 Å². The monoisotopic (exact) mass is 528 g/mol. The maximum absolute atomic E-state index is 12.4. The van der Waals surface area contributed by atoms with E-state index in [4.69, 9.17) is 4.98 Å². The topological polar surface area (TPSA) is 57.3 Å². The van der Waals surface area contributed by atoms with Gasteiger partial charge in [-0.1, -0.05) is 24.3 Å². The van der Waals surface area contributed by atoms with Crippen LogP contribution in [0, 0.1) is 9.49 Å². The number of carbonyl (C=O) groups is 1. The number of para-hydroxylation sites is 1. The van der Waals surface area contributed by atoms with Gasteiger partial charge in [0.1, 0.15) is 5.82 Å².